The van der Waals surface area contributed by atoms with Crippen molar-refractivity contribution in [3.05, 3.63) is 0 Å². The van der Waals surface area contributed by atoms with Gasteiger partial charge < -0.3 is 5.32 Å². The highest BCUT2D eigenvalue weighted by Crippen LogP contribution is 2.22. The van der Waals surface area contributed by atoms with Gasteiger partial charge in [0.15, 0.2) is 11.6 Å². The molecule has 0 radical (unpaired) electrons. The topological polar surface area (TPSA) is 52.7 Å². The van der Waals surface area contributed by atoms with E-state index in [1.54, 1.807) is 7.05 Å². The fraction of sp³-hybridized carbons (Fsp3) is 0.950. The van der Waals surface area contributed by atoms with Crippen LogP contribution in [0, 0.1) is 0 Å². The summed E-state index contributed by atoms with van der Waals surface area (Å²) in [5, 5.41) is 2.97. The van der Waals surface area contributed by atoms with Crippen molar-refractivity contribution >= 4 is 11.6 Å². The zero-order chi connectivity index (χ0) is 33.8. The first-order valence-electron chi connectivity index (χ1n) is 19.7. The van der Waals surface area contributed by atoms with E-state index in [4.69, 9.17) is 0 Å². The molecule has 1 N–H and O–H groups in total. The predicted molar refractivity (Wildman–Crippen MR) is 198 cm³/mol. The molecule has 0 saturated carbocycles. The lowest BCUT2D eigenvalue weighted by atomic mass is 9.91. The number of ketones is 2. The fourth-order valence-electron chi connectivity index (χ4n) is 6.33. The highest BCUT2D eigenvalue weighted by atomic mass is 16.1. The fourth-order valence-corrected chi connectivity index (χ4v) is 6.33. The summed E-state index contributed by atoms with van der Waals surface area (Å²) in [6.45, 7) is 15.3. The van der Waals surface area contributed by atoms with Gasteiger partial charge in [-0.1, -0.05) is 155 Å². The van der Waals surface area contributed by atoms with E-state index < -0.39 is 11.1 Å². The second-order valence-electron chi connectivity index (χ2n) is 15.1. The van der Waals surface area contributed by atoms with Gasteiger partial charge in [-0.15, -0.1) is 0 Å². The van der Waals surface area contributed by atoms with Crippen LogP contribution in [0.3, 0.4) is 0 Å². The summed E-state index contributed by atoms with van der Waals surface area (Å²) in [5.74, 6) is 0.330. The maximum atomic E-state index is 13.8. The summed E-state index contributed by atoms with van der Waals surface area (Å²) in [5.41, 5.74) is -1.21. The summed E-state index contributed by atoms with van der Waals surface area (Å²) in [6.07, 6.45) is 32.4. The Morgan fingerprint density at radius 3 is 1.11 bits per heavy atom. The molecule has 0 aliphatic rings. The number of carbonyl (C=O) groups excluding carboxylic acids is 2. The third kappa shape index (κ3) is 21.7. The number of likely N-dealkylation sites (N-methyl/N-ethyl adjacent to an activating group) is 2. The van der Waals surface area contributed by atoms with Gasteiger partial charge in [0.25, 0.3) is 0 Å². The Hall–Kier alpha value is -0.780. The van der Waals surface area contributed by atoms with Gasteiger partial charge in [-0.25, -0.2) is 0 Å². The van der Waals surface area contributed by atoms with Crippen molar-refractivity contribution in [3.8, 4) is 0 Å². The van der Waals surface area contributed by atoms with Crippen LogP contribution in [-0.4, -0.2) is 72.7 Å². The molecule has 0 aromatic carbocycles. The molecule has 0 rings (SSSR count). The van der Waals surface area contributed by atoms with Gasteiger partial charge in [-0.3, -0.25) is 19.4 Å². The second-order valence-corrected chi connectivity index (χ2v) is 15.1. The maximum Gasteiger partial charge on any atom is 0.166 e. The van der Waals surface area contributed by atoms with Crippen molar-refractivity contribution in [2.24, 2.45) is 0 Å². The number of hydrogen-bond donors (Lipinski definition) is 1. The number of hydrogen-bond acceptors (Lipinski definition) is 5. The SMILES string of the molecule is CCCCCCCCCCCCCCN(CCCCCCCCCCCCCC)C(C)(C)C(=O)CN(C)C(C)(C)C(=O)CNC. The van der Waals surface area contributed by atoms with E-state index in [1.165, 1.54) is 141 Å². The molecule has 0 aliphatic carbocycles. The minimum Gasteiger partial charge on any atom is -0.313 e. The van der Waals surface area contributed by atoms with Crippen LogP contribution < -0.4 is 5.32 Å². The molecule has 0 fully saturated rings. The number of nitrogens with zero attached hydrogens (tertiary/aromatic N) is 2. The van der Waals surface area contributed by atoms with Crippen LogP contribution in [0.4, 0.5) is 0 Å². The van der Waals surface area contributed by atoms with Gasteiger partial charge in [0.1, 0.15) is 0 Å². The van der Waals surface area contributed by atoms with Crippen molar-refractivity contribution in [3.63, 3.8) is 0 Å². The number of carbonyl (C=O) groups is 2. The van der Waals surface area contributed by atoms with Crippen LogP contribution in [0.5, 0.6) is 0 Å². The maximum absolute atomic E-state index is 13.8. The lowest BCUT2D eigenvalue weighted by Crippen LogP contribution is -2.58. The Morgan fingerprint density at radius 1 is 0.489 bits per heavy atom. The zero-order valence-corrected chi connectivity index (χ0v) is 32.0. The summed E-state index contributed by atoms with van der Waals surface area (Å²) >= 11 is 0. The van der Waals surface area contributed by atoms with E-state index in [1.807, 2.05) is 25.8 Å². The minimum atomic E-state index is -0.676. The standard InChI is InChI=1S/C40H81N3O2/c1-9-11-13-15-17-19-21-23-25-27-29-31-33-43(34-32-30-28-26-24-22-20-18-16-14-12-10-2)40(5,6)38(45)36-42(8)39(3,4)37(44)35-41-7/h41H,9-36H2,1-8H3. The Morgan fingerprint density at radius 2 is 0.800 bits per heavy atom. The van der Waals surface area contributed by atoms with Gasteiger partial charge in [0.05, 0.1) is 24.2 Å². The molecular weight excluding hydrogens is 554 g/mol. The lowest BCUT2D eigenvalue weighted by Gasteiger charge is -2.41. The normalized spacial score (nSPS) is 12.5. The van der Waals surface area contributed by atoms with Crippen molar-refractivity contribution in [2.45, 2.75) is 207 Å². The first-order valence-corrected chi connectivity index (χ1v) is 19.7. The van der Waals surface area contributed by atoms with Crippen molar-refractivity contribution in [2.75, 3.05) is 40.3 Å². The molecule has 0 unspecified atom stereocenters. The van der Waals surface area contributed by atoms with E-state index in [-0.39, 0.29) is 11.6 Å². The van der Waals surface area contributed by atoms with Crippen LogP contribution in [0.1, 0.15) is 196 Å². The van der Waals surface area contributed by atoms with Gasteiger partial charge in [-0.05, 0) is 67.7 Å². The molecule has 0 atom stereocenters. The molecule has 268 valence electrons. The molecule has 0 heterocycles. The summed E-state index contributed by atoms with van der Waals surface area (Å²) < 4.78 is 0. The van der Waals surface area contributed by atoms with Gasteiger partial charge in [0, 0.05) is 0 Å². The average Bonchev–Trinajstić information content (AvgIpc) is 3.00. The van der Waals surface area contributed by atoms with Crippen molar-refractivity contribution < 1.29 is 9.59 Å². The van der Waals surface area contributed by atoms with E-state index in [9.17, 15) is 9.59 Å². The van der Waals surface area contributed by atoms with Crippen molar-refractivity contribution in [1.82, 2.24) is 15.1 Å². The monoisotopic (exact) mass is 636 g/mol. The van der Waals surface area contributed by atoms with E-state index in [0.29, 0.717) is 13.1 Å². The Kier molecular flexibility index (Phi) is 27.8. The molecule has 5 heteroatoms. The van der Waals surface area contributed by atoms with Gasteiger partial charge in [-0.2, -0.15) is 0 Å². The van der Waals surface area contributed by atoms with Crippen LogP contribution in [0.2, 0.25) is 0 Å². The van der Waals surface area contributed by atoms with Crippen LogP contribution in [-0.2, 0) is 9.59 Å². The molecule has 45 heavy (non-hydrogen) atoms. The summed E-state index contributed by atoms with van der Waals surface area (Å²) in [4.78, 5) is 30.9. The van der Waals surface area contributed by atoms with E-state index >= 15 is 0 Å². The van der Waals surface area contributed by atoms with E-state index in [2.05, 4.69) is 37.9 Å². The molecule has 0 saturated heterocycles. The summed E-state index contributed by atoms with van der Waals surface area (Å²) in [6, 6.07) is 0. The van der Waals surface area contributed by atoms with Crippen molar-refractivity contribution in [1.29, 1.82) is 0 Å². The smallest absolute Gasteiger partial charge is 0.166 e. The molecule has 0 aromatic heterocycles. The second kappa shape index (κ2) is 28.3. The summed E-state index contributed by atoms with van der Waals surface area (Å²) in [7, 11) is 3.72. The zero-order valence-electron chi connectivity index (χ0n) is 32.0. The minimum absolute atomic E-state index is 0.114. The first-order chi connectivity index (χ1) is 21.5. The molecular formula is C40H81N3O2. The highest BCUT2D eigenvalue weighted by molar-refractivity contribution is 5.92. The Balaban J connectivity index is 4.74. The third-order valence-corrected chi connectivity index (χ3v) is 10.4. The number of nitrogens with one attached hydrogen (secondary N) is 1. The van der Waals surface area contributed by atoms with Gasteiger partial charge >= 0.3 is 0 Å². The van der Waals surface area contributed by atoms with Crippen LogP contribution in [0.15, 0.2) is 0 Å². The van der Waals surface area contributed by atoms with Gasteiger partial charge in [0.2, 0.25) is 0 Å². The lowest BCUT2D eigenvalue weighted by molar-refractivity contribution is -0.135. The predicted octanol–water partition coefficient (Wildman–Crippen LogP) is 10.5. The molecule has 0 aliphatic heterocycles. The Labute approximate surface area is 282 Å². The van der Waals surface area contributed by atoms with Crippen LogP contribution in [0.25, 0.3) is 0 Å². The number of unbranched alkanes of at least 4 members (excludes halogenated alkanes) is 22. The molecule has 5 nitrogen and oxygen atoms in total. The first kappa shape index (κ1) is 44.2. The number of Topliss-reactive ketones (excluding diaryl/α,β-unsaturated/α-hetero) is 2. The molecule has 0 spiro atoms. The van der Waals surface area contributed by atoms with E-state index in [0.717, 1.165) is 25.9 Å². The number of rotatable bonds is 34. The average molecular weight is 636 g/mol. The molecule has 0 bridgehead atoms. The largest absolute Gasteiger partial charge is 0.313 e. The molecule has 0 aromatic rings. The van der Waals surface area contributed by atoms with Crippen LogP contribution >= 0.6 is 0 Å². The Bertz CT molecular complexity index is 678. The third-order valence-electron chi connectivity index (χ3n) is 10.4. The molecule has 0 amide bonds. The highest BCUT2D eigenvalue weighted by Gasteiger charge is 2.38. The quantitative estimate of drug-likeness (QED) is 0.0713.